The number of unbranched alkanes of at least 4 members (excludes halogenated alkanes) is 1. The number of carbonyl (C=O) groups is 3. The van der Waals surface area contributed by atoms with Gasteiger partial charge in [0.25, 0.3) is 0 Å². The van der Waals surface area contributed by atoms with E-state index in [0.717, 1.165) is 0 Å². The summed E-state index contributed by atoms with van der Waals surface area (Å²) in [6.07, 6.45) is -25.7. The zero-order valence-corrected chi connectivity index (χ0v) is 80.0. The molecule has 812 valence electrons. The first kappa shape index (κ1) is 133. The zero-order valence-electron chi connectivity index (χ0n) is 80.0. The van der Waals surface area contributed by atoms with E-state index >= 15 is 0 Å². The van der Waals surface area contributed by atoms with Gasteiger partial charge in [-0.1, -0.05) is 6.92 Å². The average Bonchev–Trinajstić information content (AvgIpc) is 0.871. The van der Waals surface area contributed by atoms with Crippen molar-refractivity contribution in [1.82, 2.24) is 20.4 Å². The van der Waals surface area contributed by atoms with E-state index in [1.165, 1.54) is 16.7 Å². The molecule has 0 bridgehead atoms. The van der Waals surface area contributed by atoms with Crippen LogP contribution < -0.4 is 10.6 Å². The molecular weight excluding hydrogens is 1820 g/mol. The van der Waals surface area contributed by atoms with E-state index in [2.05, 4.69) is 10.6 Å². The van der Waals surface area contributed by atoms with E-state index in [-0.39, 0.29) is 129 Å². The molecule has 0 aliphatic heterocycles. The van der Waals surface area contributed by atoms with Crippen molar-refractivity contribution in [2.45, 2.75) is 156 Å². The normalized spacial score (nSPS) is 15.9. The second-order valence-corrected chi connectivity index (χ2v) is 30.7. The van der Waals surface area contributed by atoms with E-state index in [1.807, 2.05) is 0 Å². The highest BCUT2D eigenvalue weighted by atomic mass is 16.6. The molecule has 0 aromatic heterocycles. The van der Waals surface area contributed by atoms with Gasteiger partial charge in [-0.15, -0.1) is 0 Å². The zero-order chi connectivity index (χ0) is 100. The molecule has 0 aliphatic rings. The molecule has 0 fully saturated rings. The third-order valence-corrected chi connectivity index (χ3v) is 19.6. The van der Waals surface area contributed by atoms with Gasteiger partial charge in [-0.25, -0.2) is 0 Å². The van der Waals surface area contributed by atoms with E-state index in [0.29, 0.717) is 277 Å². The molecule has 0 rings (SSSR count). The first-order valence-electron chi connectivity index (χ1n) is 47.0. The third kappa shape index (κ3) is 79.2. The summed E-state index contributed by atoms with van der Waals surface area (Å²) in [5.41, 5.74) is 0. The summed E-state index contributed by atoms with van der Waals surface area (Å²) in [7, 11) is 0. The van der Waals surface area contributed by atoms with E-state index in [1.54, 1.807) is 6.92 Å². The summed E-state index contributed by atoms with van der Waals surface area (Å²) in [5.74, 6) is -0.605. The quantitative estimate of drug-likeness (QED) is 0.0251. The average molecular weight is 2000 g/mol. The van der Waals surface area contributed by atoms with Crippen LogP contribution in [0.15, 0.2) is 0 Å². The van der Waals surface area contributed by atoms with Crippen LogP contribution in [0.4, 0.5) is 0 Å². The smallest absolute Gasteiger partial charge is 0.222 e. The van der Waals surface area contributed by atoms with Gasteiger partial charge in [-0.3, -0.25) is 24.2 Å². The minimum Gasteiger partial charge on any atom is -0.394 e. The van der Waals surface area contributed by atoms with Crippen LogP contribution in [0, 0.1) is 0 Å². The van der Waals surface area contributed by atoms with Crippen LogP contribution in [0.25, 0.3) is 0 Å². The van der Waals surface area contributed by atoms with Crippen molar-refractivity contribution >= 4 is 17.6 Å². The summed E-state index contributed by atoms with van der Waals surface area (Å²) < 4.78 is 132. The standard InChI is InChI=1S/C86H172N4O46/c1-3-69(95)79(105)80(106)70(96)60-89(61-71(97)81(107)84(110)74(100)64-91)10-14-115-18-22-119-26-30-123-34-38-127-42-46-131-50-54-135-58-56-133-52-48-129-44-40-125-36-32-121-28-24-117-20-16-113-12-7-77(103)87-9-5-4-6-68(67(2)94)88-78(104)8-13-114-17-21-118-25-29-122-33-37-126-41-45-130-49-53-134-57-59-136-55-51-132-47-43-128-39-35-124-31-27-120-23-19-116-15-11-90(62-72(98)82(108)85(111)75(101)65-92)63-73(99)83(109)86(112)76(102)66-93/h68-76,79-86,91-93,95-102,105-112H,3-66H2,1-2H3,(H,87,103)(H,88,104)/t68-,69+,70-,71-,72-,73-,74+,75+,76+,79+,80+,81+,82+,83+,84+,85+,86+/m0/s1. The predicted molar refractivity (Wildman–Crippen MR) is 479 cm³/mol. The minimum atomic E-state index is -1.90. The van der Waals surface area contributed by atoms with Crippen LogP contribution in [0.1, 0.15) is 52.4 Å². The number of Topliss-reactive ketones (excluding diaryl/α,β-unsaturated/α-hetero) is 1. The van der Waals surface area contributed by atoms with Crippen LogP contribution in [0.2, 0.25) is 0 Å². The van der Waals surface area contributed by atoms with Crippen LogP contribution in [0.5, 0.6) is 0 Å². The highest BCUT2D eigenvalue weighted by Crippen LogP contribution is 2.15. The lowest BCUT2D eigenvalue weighted by atomic mass is 10.00. The maximum atomic E-state index is 12.5. The number of aliphatic hydroxyl groups is 19. The molecule has 0 aliphatic carbocycles. The Balaban J connectivity index is 3.59. The lowest BCUT2D eigenvalue weighted by Gasteiger charge is -2.33. The Bertz CT molecular complexity index is 2510. The van der Waals surface area contributed by atoms with Gasteiger partial charge in [0.15, 0.2) is 5.78 Å². The Kier molecular flexibility index (Phi) is 94.3. The van der Waals surface area contributed by atoms with Crippen molar-refractivity contribution in [2.75, 3.05) is 383 Å². The van der Waals surface area contributed by atoms with Gasteiger partial charge in [0, 0.05) is 58.7 Å². The number of carbonyl (C=O) groups excluding carboxylic acids is 3. The fourth-order valence-corrected chi connectivity index (χ4v) is 11.6. The first-order chi connectivity index (χ1) is 65.9. The maximum absolute atomic E-state index is 12.5. The maximum Gasteiger partial charge on any atom is 0.222 e. The molecule has 0 radical (unpaired) electrons. The Morgan fingerprint density at radius 2 is 0.412 bits per heavy atom. The topological polar surface area (TPSA) is 688 Å². The molecule has 21 N–H and O–H groups in total. The Morgan fingerprint density at radius 1 is 0.235 bits per heavy atom. The predicted octanol–water partition coefficient (Wildman–Crippen LogP) is -10.7. The molecule has 136 heavy (non-hydrogen) atoms. The Hall–Kier alpha value is -3.19. The largest absolute Gasteiger partial charge is 0.394 e. The summed E-state index contributed by atoms with van der Waals surface area (Å²) in [4.78, 5) is 39.8. The van der Waals surface area contributed by atoms with E-state index < -0.39 is 137 Å². The van der Waals surface area contributed by atoms with Gasteiger partial charge >= 0.3 is 0 Å². The summed E-state index contributed by atoms with van der Waals surface area (Å²) in [5, 5.41) is 195. The number of ketones is 1. The number of hydrogen-bond donors (Lipinski definition) is 21. The molecule has 2 amide bonds. The third-order valence-electron chi connectivity index (χ3n) is 19.6. The Morgan fingerprint density at radius 3 is 0.603 bits per heavy atom. The number of hydrogen-bond acceptors (Lipinski definition) is 48. The fraction of sp³-hybridized carbons (Fsp3) is 0.965. The lowest BCUT2D eigenvalue weighted by Crippen LogP contribution is -2.53. The van der Waals surface area contributed by atoms with Crippen molar-refractivity contribution in [3.05, 3.63) is 0 Å². The van der Waals surface area contributed by atoms with Crippen LogP contribution in [-0.4, -0.2) is 611 Å². The van der Waals surface area contributed by atoms with Crippen LogP contribution in [-0.2, 0) is 128 Å². The number of amides is 2. The van der Waals surface area contributed by atoms with Gasteiger partial charge in [0.05, 0.1) is 374 Å². The number of nitrogens with zero attached hydrogens (tertiary/aromatic N) is 2. The molecule has 50 nitrogen and oxygen atoms in total. The van der Waals surface area contributed by atoms with Gasteiger partial charge in [-0.2, -0.15) is 0 Å². The van der Waals surface area contributed by atoms with Gasteiger partial charge in [0.2, 0.25) is 11.8 Å². The van der Waals surface area contributed by atoms with Crippen molar-refractivity contribution in [3.8, 4) is 0 Å². The number of nitrogens with one attached hydrogen (secondary N) is 2. The lowest BCUT2D eigenvalue weighted by molar-refractivity contribution is -0.131. The summed E-state index contributed by atoms with van der Waals surface area (Å²) >= 11 is 0. The first-order valence-corrected chi connectivity index (χ1v) is 47.0. The molecule has 0 aromatic rings. The SMILES string of the molecule is CC[C@@H](O)[C@@H](O)[C@H](O)[C@@H](O)CN(CCOCCOCCOCCOCCOCCOCCOCCOCCOCCOCCOCCOCCC(=O)NCCCC[C@H](NC(=O)CCOCCOCCOCCOCCOCCOCCOCCOCCOCCOCCOCCOCCN(C[C@H](O)[C@@H](O)[C@H](O)[C@H](O)CO)C[C@H](O)[C@@H](O)[C@H](O)[C@H](O)CO)C(C)=O)C[C@H](O)[C@@H](O)[C@H](O)[C@H](O)CO. The molecule has 0 aromatic carbocycles. The highest BCUT2D eigenvalue weighted by Gasteiger charge is 2.37. The summed E-state index contributed by atoms with van der Waals surface area (Å²) in [6, 6.07) is -0.632. The molecule has 17 atom stereocenters. The molecule has 0 saturated heterocycles. The van der Waals surface area contributed by atoms with E-state index in [9.17, 15) is 96.1 Å². The minimum absolute atomic E-state index is 0.0110. The summed E-state index contributed by atoms with van der Waals surface area (Å²) in [6.45, 7) is 15.6. The molecule has 0 saturated carbocycles. The van der Waals surface area contributed by atoms with E-state index in [4.69, 9.17) is 129 Å². The van der Waals surface area contributed by atoms with Crippen molar-refractivity contribution in [1.29, 1.82) is 0 Å². The second-order valence-electron chi connectivity index (χ2n) is 30.7. The van der Waals surface area contributed by atoms with Crippen molar-refractivity contribution < 1.29 is 225 Å². The monoisotopic (exact) mass is 2000 g/mol. The van der Waals surface area contributed by atoms with Crippen molar-refractivity contribution in [3.63, 3.8) is 0 Å². The van der Waals surface area contributed by atoms with Gasteiger partial charge in [-0.05, 0) is 32.6 Å². The molecule has 0 spiro atoms. The molecule has 0 heterocycles. The Labute approximate surface area is 799 Å². The molecule has 0 unspecified atom stereocenters. The number of ether oxygens (including phenoxy) is 24. The molecule has 50 heteroatoms. The van der Waals surface area contributed by atoms with Gasteiger partial charge in [0.1, 0.15) is 67.1 Å². The van der Waals surface area contributed by atoms with Gasteiger partial charge < -0.3 is 221 Å². The number of aliphatic hydroxyl groups excluding tert-OH is 19. The highest BCUT2D eigenvalue weighted by molar-refractivity contribution is 5.87. The second kappa shape index (κ2) is 96.6. The fourth-order valence-electron chi connectivity index (χ4n) is 11.6. The van der Waals surface area contributed by atoms with Crippen LogP contribution >= 0.6 is 0 Å². The number of rotatable bonds is 109. The molecular formula is C86H172N4O46. The van der Waals surface area contributed by atoms with Crippen LogP contribution in [0.3, 0.4) is 0 Å². The van der Waals surface area contributed by atoms with Crippen molar-refractivity contribution in [2.24, 2.45) is 0 Å².